The third-order valence-corrected chi connectivity index (χ3v) is 9.23. The van der Waals surface area contributed by atoms with E-state index in [2.05, 4.69) is 16.6 Å². The van der Waals surface area contributed by atoms with Crippen molar-refractivity contribution >= 4 is 22.1 Å². The molecule has 0 aliphatic carbocycles. The third kappa shape index (κ3) is 4.11. The van der Waals surface area contributed by atoms with Gasteiger partial charge < -0.3 is 5.32 Å². The third-order valence-electron chi connectivity index (χ3n) is 7.34. The van der Waals surface area contributed by atoms with Gasteiger partial charge in [0.15, 0.2) is 0 Å². The number of hydrogen-bond acceptors (Lipinski definition) is 5. The monoisotopic (exact) mass is 556 g/mol. The van der Waals surface area contributed by atoms with E-state index < -0.39 is 9.73 Å². The summed E-state index contributed by atoms with van der Waals surface area (Å²) < 4.78 is 36.5. The summed E-state index contributed by atoms with van der Waals surface area (Å²) in [5.74, 6) is 0.411. The maximum atomic E-state index is 14.4. The Morgan fingerprint density at radius 1 is 1.05 bits per heavy atom. The van der Waals surface area contributed by atoms with Crippen LogP contribution in [0.1, 0.15) is 40.9 Å². The molecule has 2 atom stereocenters. The summed E-state index contributed by atoms with van der Waals surface area (Å²) in [4.78, 5) is 14.6. The van der Waals surface area contributed by atoms with E-state index >= 15 is 0 Å². The first-order chi connectivity index (χ1) is 17.7. The second-order valence-corrected chi connectivity index (χ2v) is 12.2. The quantitative estimate of drug-likeness (QED) is 0.409. The van der Waals surface area contributed by atoms with Gasteiger partial charge in [-0.25, -0.2) is 22.4 Å². The Labute approximate surface area is 227 Å². The van der Waals surface area contributed by atoms with Gasteiger partial charge in [0, 0.05) is 43.2 Å². The SMILES string of the molecule is Cc1cc(-n2nc3c(c2-n2ccn(-c4ccc5c(c4)CCN=S5(C)=O)c2=O)[C@H](C)NCC3)cc(C)c1F.Cl. The molecule has 2 aliphatic heterocycles. The lowest BCUT2D eigenvalue weighted by Gasteiger charge is -2.21. The number of aromatic nitrogens is 4. The van der Waals surface area contributed by atoms with E-state index in [9.17, 15) is 13.4 Å². The van der Waals surface area contributed by atoms with Crippen molar-refractivity contribution in [3.05, 3.63) is 87.0 Å². The van der Waals surface area contributed by atoms with Crippen molar-refractivity contribution in [3.8, 4) is 17.2 Å². The topological polar surface area (TPSA) is 86.2 Å². The van der Waals surface area contributed by atoms with E-state index in [-0.39, 0.29) is 30.0 Å². The minimum atomic E-state index is -2.41. The zero-order valence-corrected chi connectivity index (χ0v) is 23.3. The van der Waals surface area contributed by atoms with Gasteiger partial charge in [0.1, 0.15) is 11.6 Å². The molecule has 2 aromatic heterocycles. The fraction of sp³-hybridized carbons (Fsp3) is 0.333. The number of aryl methyl sites for hydroxylation is 2. The fourth-order valence-corrected chi connectivity index (χ4v) is 7.03. The Morgan fingerprint density at radius 3 is 2.50 bits per heavy atom. The maximum absolute atomic E-state index is 14.4. The summed E-state index contributed by atoms with van der Waals surface area (Å²) in [5.41, 5.74) is 5.08. The average Bonchev–Trinajstić information content (AvgIpc) is 3.43. The highest BCUT2D eigenvalue weighted by molar-refractivity contribution is 7.93. The van der Waals surface area contributed by atoms with Gasteiger partial charge in [-0.3, -0.25) is 9.13 Å². The summed E-state index contributed by atoms with van der Waals surface area (Å²) in [7, 11) is -2.41. The van der Waals surface area contributed by atoms with Gasteiger partial charge in [0.05, 0.1) is 38.2 Å². The zero-order chi connectivity index (χ0) is 26.1. The van der Waals surface area contributed by atoms with Crippen molar-refractivity contribution in [1.82, 2.24) is 24.2 Å². The highest BCUT2D eigenvalue weighted by Crippen LogP contribution is 2.32. The summed E-state index contributed by atoms with van der Waals surface area (Å²) in [5, 5.41) is 8.37. The normalized spacial score (nSPS) is 20.3. The van der Waals surface area contributed by atoms with Gasteiger partial charge in [0.2, 0.25) is 0 Å². The van der Waals surface area contributed by atoms with Gasteiger partial charge >= 0.3 is 5.69 Å². The second-order valence-electron chi connectivity index (χ2n) is 9.93. The summed E-state index contributed by atoms with van der Waals surface area (Å²) in [6.07, 6.45) is 6.58. The van der Waals surface area contributed by atoms with Crippen LogP contribution in [0.2, 0.25) is 0 Å². The average molecular weight is 557 g/mol. The minimum absolute atomic E-state index is 0. The number of nitrogens with one attached hydrogen (secondary N) is 1. The molecule has 4 aromatic rings. The van der Waals surface area contributed by atoms with Gasteiger partial charge in [0.25, 0.3) is 0 Å². The van der Waals surface area contributed by atoms with Crippen molar-refractivity contribution in [2.75, 3.05) is 19.3 Å². The fourth-order valence-electron chi connectivity index (χ4n) is 5.48. The molecule has 1 N–H and O–H groups in total. The summed E-state index contributed by atoms with van der Waals surface area (Å²) in [6.45, 7) is 6.84. The zero-order valence-electron chi connectivity index (χ0n) is 21.7. The standard InChI is InChI=1S/C27H29FN6O2S.ClH/c1-16-13-21(14-17(2)25(16)28)34-26(24-18(3)29-9-8-22(24)31-34)33-12-11-32(27(33)35)20-5-6-23-19(15-20)7-10-30-37(23,4)36;/h5-6,11-15,18,29H,7-10H2,1-4H3;1H/t18-,37?;/m0./s1. The number of hydrogen-bond donors (Lipinski definition) is 1. The molecule has 0 saturated carbocycles. The van der Waals surface area contributed by atoms with E-state index in [1.54, 1.807) is 58.4 Å². The van der Waals surface area contributed by atoms with E-state index in [1.807, 2.05) is 18.2 Å². The number of benzene rings is 2. The molecule has 2 aromatic carbocycles. The molecule has 0 amide bonds. The lowest BCUT2D eigenvalue weighted by Crippen LogP contribution is -2.30. The van der Waals surface area contributed by atoms with Gasteiger partial charge in [-0.1, -0.05) is 0 Å². The van der Waals surface area contributed by atoms with E-state index in [4.69, 9.17) is 5.10 Å². The van der Waals surface area contributed by atoms with Crippen molar-refractivity contribution in [2.24, 2.45) is 4.36 Å². The van der Waals surface area contributed by atoms with Crippen molar-refractivity contribution in [1.29, 1.82) is 0 Å². The van der Waals surface area contributed by atoms with Gasteiger partial charge in [-0.15, -0.1) is 12.4 Å². The van der Waals surface area contributed by atoms with Crippen LogP contribution in [0.25, 0.3) is 17.2 Å². The van der Waals surface area contributed by atoms with Crippen LogP contribution in [0.3, 0.4) is 0 Å². The molecule has 0 spiro atoms. The number of imidazole rings is 1. The minimum Gasteiger partial charge on any atom is -0.310 e. The van der Waals surface area contributed by atoms with Crippen molar-refractivity contribution in [2.45, 2.75) is 44.6 Å². The Kier molecular flexibility index (Phi) is 6.61. The van der Waals surface area contributed by atoms with E-state index in [1.165, 1.54) is 0 Å². The predicted molar refractivity (Wildman–Crippen MR) is 149 cm³/mol. The molecule has 2 aliphatic rings. The molecular weight excluding hydrogens is 527 g/mol. The lowest BCUT2D eigenvalue weighted by molar-refractivity contribution is 0.536. The van der Waals surface area contributed by atoms with Gasteiger partial charge in [-0.05, 0) is 74.2 Å². The number of rotatable bonds is 3. The molecule has 0 radical (unpaired) electrons. The van der Waals surface area contributed by atoms with Crippen LogP contribution in [0.4, 0.5) is 4.39 Å². The molecule has 4 heterocycles. The summed E-state index contributed by atoms with van der Waals surface area (Å²) >= 11 is 0. The first-order valence-electron chi connectivity index (χ1n) is 12.4. The van der Waals surface area contributed by atoms with Crippen LogP contribution < -0.4 is 11.0 Å². The molecule has 11 heteroatoms. The van der Waals surface area contributed by atoms with Crippen LogP contribution in [-0.4, -0.2) is 42.5 Å². The Morgan fingerprint density at radius 2 is 1.76 bits per heavy atom. The molecule has 0 fully saturated rings. The number of fused-ring (bicyclic) bond motifs is 2. The Hall–Kier alpha value is -3.21. The number of halogens is 2. The van der Waals surface area contributed by atoms with Gasteiger partial charge in [-0.2, -0.15) is 5.10 Å². The molecule has 1 unspecified atom stereocenters. The molecular formula is C27H30ClFN6O2S. The Bertz CT molecular complexity index is 1740. The second kappa shape index (κ2) is 9.52. The van der Waals surface area contributed by atoms with E-state index in [0.717, 1.165) is 34.7 Å². The molecule has 6 rings (SSSR count). The van der Waals surface area contributed by atoms with Crippen molar-refractivity contribution < 1.29 is 8.60 Å². The molecule has 200 valence electrons. The number of nitrogens with zero attached hydrogens (tertiary/aromatic N) is 5. The van der Waals surface area contributed by atoms with Crippen LogP contribution in [0.15, 0.2) is 56.8 Å². The highest BCUT2D eigenvalue weighted by atomic mass is 35.5. The van der Waals surface area contributed by atoms with Crippen molar-refractivity contribution in [3.63, 3.8) is 0 Å². The van der Waals surface area contributed by atoms with Crippen LogP contribution in [0, 0.1) is 19.7 Å². The van der Waals surface area contributed by atoms with Crippen LogP contribution in [-0.2, 0) is 22.6 Å². The first kappa shape index (κ1) is 26.4. The first-order valence-corrected chi connectivity index (χ1v) is 14.3. The largest absolute Gasteiger partial charge is 0.338 e. The molecule has 0 saturated heterocycles. The van der Waals surface area contributed by atoms with E-state index in [0.29, 0.717) is 41.3 Å². The molecule has 8 nitrogen and oxygen atoms in total. The van der Waals surface area contributed by atoms with Crippen LogP contribution in [0.5, 0.6) is 0 Å². The Balaban J connectivity index is 0.00000294. The lowest BCUT2D eigenvalue weighted by atomic mass is 10.0. The smallest absolute Gasteiger partial charge is 0.310 e. The maximum Gasteiger partial charge on any atom is 0.338 e. The summed E-state index contributed by atoms with van der Waals surface area (Å²) in [6, 6.07) is 9.10. The molecule has 0 bridgehead atoms. The predicted octanol–water partition coefficient (Wildman–Crippen LogP) is 4.21. The highest BCUT2D eigenvalue weighted by Gasteiger charge is 2.29. The molecule has 38 heavy (non-hydrogen) atoms. The van der Waals surface area contributed by atoms with Crippen LogP contribution >= 0.6 is 12.4 Å².